The van der Waals surface area contributed by atoms with Crippen LogP contribution in [0.25, 0.3) is 0 Å². The first-order valence-electron chi connectivity index (χ1n) is 10.5. The Labute approximate surface area is 185 Å². The zero-order valence-corrected chi connectivity index (χ0v) is 17.8. The number of anilines is 1. The molecule has 1 aliphatic heterocycles. The Kier molecular flexibility index (Phi) is 7.40. The highest BCUT2D eigenvalue weighted by molar-refractivity contribution is 6.01. The number of hydrogen-bond donors (Lipinski definition) is 3. The number of nitrogens with zero attached hydrogens (tertiary/aromatic N) is 1. The number of aryl methyl sites for hydroxylation is 1. The van der Waals surface area contributed by atoms with Crippen LogP contribution in [0.3, 0.4) is 0 Å². The van der Waals surface area contributed by atoms with E-state index in [1.807, 2.05) is 0 Å². The molecule has 0 aromatic heterocycles. The van der Waals surface area contributed by atoms with E-state index >= 15 is 0 Å². The summed E-state index contributed by atoms with van der Waals surface area (Å²) in [5.41, 5.74) is 5.97. The lowest BCUT2D eigenvalue weighted by Gasteiger charge is -2.17. The lowest BCUT2D eigenvalue weighted by molar-refractivity contribution is -0.137. The van der Waals surface area contributed by atoms with Crippen molar-refractivity contribution < 1.29 is 22.8 Å². The molecule has 1 aliphatic rings. The average Bonchev–Trinajstić information content (AvgIpc) is 3.18. The van der Waals surface area contributed by atoms with Crippen molar-refractivity contribution in [3.8, 4) is 0 Å². The number of halogens is 3. The van der Waals surface area contributed by atoms with Gasteiger partial charge in [-0.15, -0.1) is 0 Å². The second-order valence-electron chi connectivity index (χ2n) is 7.91. The Bertz CT molecular complexity index is 961. The fourth-order valence-corrected chi connectivity index (χ4v) is 3.78. The first kappa shape index (κ1) is 23.6. The summed E-state index contributed by atoms with van der Waals surface area (Å²) < 4.78 is 38.9. The van der Waals surface area contributed by atoms with Gasteiger partial charge >= 0.3 is 6.18 Å². The number of rotatable bonds is 7. The summed E-state index contributed by atoms with van der Waals surface area (Å²) >= 11 is 0. The normalized spacial score (nSPS) is 16.7. The van der Waals surface area contributed by atoms with E-state index < -0.39 is 29.2 Å². The van der Waals surface area contributed by atoms with Crippen LogP contribution >= 0.6 is 0 Å². The second-order valence-corrected chi connectivity index (χ2v) is 7.91. The third-order valence-corrected chi connectivity index (χ3v) is 5.54. The van der Waals surface area contributed by atoms with E-state index in [2.05, 4.69) is 46.7 Å². The number of para-hydroxylation sites is 1. The molecule has 1 saturated heterocycles. The van der Waals surface area contributed by atoms with Gasteiger partial charge in [-0.25, -0.2) is 0 Å². The van der Waals surface area contributed by atoms with Crippen molar-refractivity contribution in [2.45, 2.75) is 38.5 Å². The van der Waals surface area contributed by atoms with Gasteiger partial charge in [0.05, 0.1) is 23.4 Å². The van der Waals surface area contributed by atoms with E-state index in [0.29, 0.717) is 6.54 Å². The standard InChI is InChI=1S/C23H27F3N4O2/c1-2-15-6-8-16(9-7-15)13-30-11-10-17(14-30)29-20(31)12-28-22(32)18-4-3-5-19(21(18)27)23(24,25)26/h3-9,17H,2,10-14,27H2,1H3,(H,28,32)(H,29,31). The molecule has 2 aromatic rings. The maximum Gasteiger partial charge on any atom is 0.418 e. The highest BCUT2D eigenvalue weighted by Crippen LogP contribution is 2.34. The highest BCUT2D eigenvalue weighted by Gasteiger charge is 2.34. The monoisotopic (exact) mass is 448 g/mol. The zero-order valence-electron chi connectivity index (χ0n) is 17.8. The molecule has 0 aliphatic carbocycles. The van der Waals surface area contributed by atoms with Crippen molar-refractivity contribution in [2.75, 3.05) is 25.4 Å². The number of nitrogens with two attached hydrogens (primary N) is 1. The van der Waals surface area contributed by atoms with Gasteiger partial charge in [-0.3, -0.25) is 14.5 Å². The average molecular weight is 448 g/mol. The van der Waals surface area contributed by atoms with Gasteiger partial charge in [0, 0.05) is 25.7 Å². The molecule has 9 heteroatoms. The van der Waals surface area contributed by atoms with Crippen LogP contribution in [0.15, 0.2) is 42.5 Å². The third-order valence-electron chi connectivity index (χ3n) is 5.54. The van der Waals surface area contributed by atoms with Crippen LogP contribution in [0, 0.1) is 0 Å². The topological polar surface area (TPSA) is 87.5 Å². The number of alkyl halides is 3. The van der Waals surface area contributed by atoms with Crippen molar-refractivity contribution in [1.29, 1.82) is 0 Å². The van der Waals surface area contributed by atoms with Gasteiger partial charge in [-0.05, 0) is 36.1 Å². The number of likely N-dealkylation sites (tertiary alicyclic amines) is 1. The fraction of sp³-hybridized carbons (Fsp3) is 0.391. The van der Waals surface area contributed by atoms with Crippen molar-refractivity contribution >= 4 is 17.5 Å². The molecular weight excluding hydrogens is 421 g/mol. The van der Waals surface area contributed by atoms with Gasteiger partial charge in [0.2, 0.25) is 5.91 Å². The Hall–Kier alpha value is -3.07. The molecule has 0 saturated carbocycles. The minimum absolute atomic E-state index is 0.0482. The van der Waals surface area contributed by atoms with Crippen LogP contribution in [0.2, 0.25) is 0 Å². The molecule has 172 valence electrons. The molecule has 32 heavy (non-hydrogen) atoms. The first-order valence-corrected chi connectivity index (χ1v) is 10.5. The molecule has 4 N–H and O–H groups in total. The van der Waals surface area contributed by atoms with Crippen molar-refractivity contribution in [3.05, 3.63) is 64.7 Å². The molecular formula is C23H27F3N4O2. The fourth-order valence-electron chi connectivity index (χ4n) is 3.78. The summed E-state index contributed by atoms with van der Waals surface area (Å²) in [7, 11) is 0. The van der Waals surface area contributed by atoms with Crippen LogP contribution < -0.4 is 16.4 Å². The first-order chi connectivity index (χ1) is 15.2. The van der Waals surface area contributed by atoms with Gasteiger partial charge in [-0.2, -0.15) is 13.2 Å². The van der Waals surface area contributed by atoms with E-state index in [1.165, 1.54) is 17.2 Å². The summed E-state index contributed by atoms with van der Waals surface area (Å²) in [6.07, 6.45) is -2.88. The van der Waals surface area contributed by atoms with Gasteiger partial charge < -0.3 is 16.4 Å². The quantitative estimate of drug-likeness (QED) is 0.569. The minimum atomic E-state index is -4.66. The van der Waals surface area contributed by atoms with Gasteiger partial charge in [-0.1, -0.05) is 37.3 Å². The molecule has 0 radical (unpaired) electrons. The van der Waals surface area contributed by atoms with Crippen molar-refractivity contribution in [1.82, 2.24) is 15.5 Å². The van der Waals surface area contributed by atoms with Crippen LogP contribution in [0.1, 0.15) is 40.4 Å². The second kappa shape index (κ2) is 10.0. The Balaban J connectivity index is 1.47. The van der Waals surface area contributed by atoms with E-state index in [9.17, 15) is 22.8 Å². The summed E-state index contributed by atoms with van der Waals surface area (Å²) in [4.78, 5) is 26.7. The zero-order chi connectivity index (χ0) is 23.3. The minimum Gasteiger partial charge on any atom is -0.398 e. The Morgan fingerprint density at radius 1 is 1.12 bits per heavy atom. The molecule has 2 aromatic carbocycles. The molecule has 1 unspecified atom stereocenters. The number of carbonyl (C=O) groups is 2. The highest BCUT2D eigenvalue weighted by atomic mass is 19.4. The van der Waals surface area contributed by atoms with Crippen molar-refractivity contribution in [2.24, 2.45) is 0 Å². The van der Waals surface area contributed by atoms with Crippen LogP contribution in [0.5, 0.6) is 0 Å². The number of amides is 2. The number of nitrogen functional groups attached to an aromatic ring is 1. The van der Waals surface area contributed by atoms with Crippen LogP contribution in [0.4, 0.5) is 18.9 Å². The van der Waals surface area contributed by atoms with Gasteiger partial charge in [0.1, 0.15) is 0 Å². The molecule has 1 heterocycles. The van der Waals surface area contributed by atoms with Gasteiger partial charge in [0.25, 0.3) is 5.91 Å². The predicted octanol–water partition coefficient (Wildman–Crippen LogP) is 2.97. The third kappa shape index (κ3) is 6.00. The summed E-state index contributed by atoms with van der Waals surface area (Å²) in [6, 6.07) is 11.5. The largest absolute Gasteiger partial charge is 0.418 e. The number of benzene rings is 2. The molecule has 2 amide bonds. The molecule has 0 spiro atoms. The van der Waals surface area contributed by atoms with Crippen LogP contribution in [-0.2, 0) is 23.9 Å². The van der Waals surface area contributed by atoms with Gasteiger partial charge in [0.15, 0.2) is 0 Å². The number of nitrogens with one attached hydrogen (secondary N) is 2. The number of hydrogen-bond acceptors (Lipinski definition) is 4. The lowest BCUT2D eigenvalue weighted by atomic mass is 10.1. The van der Waals surface area contributed by atoms with Crippen LogP contribution in [-0.4, -0.2) is 42.4 Å². The molecule has 0 bridgehead atoms. The molecule has 3 rings (SSSR count). The maximum atomic E-state index is 13.0. The summed E-state index contributed by atoms with van der Waals surface area (Å²) in [5.74, 6) is -1.23. The SMILES string of the molecule is CCc1ccc(CN2CCC(NC(=O)CNC(=O)c3cccc(C(F)(F)F)c3N)C2)cc1. The Morgan fingerprint density at radius 2 is 1.81 bits per heavy atom. The summed E-state index contributed by atoms with van der Waals surface area (Å²) in [5, 5.41) is 5.21. The summed E-state index contributed by atoms with van der Waals surface area (Å²) in [6.45, 7) is 4.09. The maximum absolute atomic E-state index is 13.0. The predicted molar refractivity (Wildman–Crippen MR) is 116 cm³/mol. The Morgan fingerprint density at radius 3 is 2.47 bits per heavy atom. The van der Waals surface area contributed by atoms with E-state index in [-0.39, 0.29) is 18.2 Å². The molecule has 6 nitrogen and oxygen atoms in total. The lowest BCUT2D eigenvalue weighted by Crippen LogP contribution is -2.43. The smallest absolute Gasteiger partial charge is 0.398 e. The van der Waals surface area contributed by atoms with Crippen molar-refractivity contribution in [3.63, 3.8) is 0 Å². The molecule has 1 fully saturated rings. The van der Waals surface area contributed by atoms with E-state index in [4.69, 9.17) is 5.73 Å². The van der Waals surface area contributed by atoms with E-state index in [0.717, 1.165) is 38.1 Å². The molecule has 1 atom stereocenters. The number of carbonyl (C=O) groups excluding carboxylic acids is 2. The van der Waals surface area contributed by atoms with E-state index in [1.54, 1.807) is 0 Å².